The van der Waals surface area contributed by atoms with Crippen LogP contribution in [-0.2, 0) is 0 Å². The fourth-order valence-corrected chi connectivity index (χ4v) is 2.09. The van der Waals surface area contributed by atoms with Crippen molar-refractivity contribution in [3.8, 4) is 0 Å². The van der Waals surface area contributed by atoms with Crippen molar-refractivity contribution in [1.29, 1.82) is 0 Å². The summed E-state index contributed by atoms with van der Waals surface area (Å²) < 4.78 is 0. The molecule has 0 atom stereocenters. The summed E-state index contributed by atoms with van der Waals surface area (Å²) in [5, 5.41) is 10.6. The number of hydrogen-bond donors (Lipinski definition) is 2. The third kappa shape index (κ3) is 3.41. The molecule has 0 saturated heterocycles. The van der Waals surface area contributed by atoms with E-state index in [1.165, 1.54) is 12.1 Å². The van der Waals surface area contributed by atoms with Gasteiger partial charge in [-0.1, -0.05) is 6.08 Å². The summed E-state index contributed by atoms with van der Waals surface area (Å²) in [6, 6.07) is 11.6. The van der Waals surface area contributed by atoms with Gasteiger partial charge in [0, 0.05) is 18.3 Å². The van der Waals surface area contributed by atoms with Gasteiger partial charge < -0.3 is 9.97 Å². The minimum atomic E-state index is -0.434. The van der Waals surface area contributed by atoms with Gasteiger partial charge in [-0.3, -0.25) is 15.1 Å². The van der Waals surface area contributed by atoms with Gasteiger partial charge >= 0.3 is 5.69 Å². The molecule has 1 aromatic heterocycles. The first-order valence-electron chi connectivity index (χ1n) is 6.79. The molecule has 3 rings (SSSR count). The summed E-state index contributed by atoms with van der Waals surface area (Å²) >= 11 is 0. The maximum Gasteiger partial charge on any atom is 0.323 e. The summed E-state index contributed by atoms with van der Waals surface area (Å²) in [5.74, 6) is 0. The van der Waals surface area contributed by atoms with E-state index in [4.69, 9.17) is 0 Å². The van der Waals surface area contributed by atoms with Gasteiger partial charge in [0.05, 0.1) is 21.6 Å². The molecule has 2 N–H and O–H groups in total. The lowest BCUT2D eigenvalue weighted by Gasteiger charge is -1.93. The van der Waals surface area contributed by atoms with Crippen molar-refractivity contribution in [3.05, 3.63) is 74.7 Å². The number of H-pyrrole nitrogens is 2. The fourth-order valence-electron chi connectivity index (χ4n) is 2.09. The van der Waals surface area contributed by atoms with E-state index in [1.807, 2.05) is 0 Å². The molecule has 0 aliphatic carbocycles. The number of allylic oxidation sites excluding steroid dienone is 1. The van der Waals surface area contributed by atoms with Gasteiger partial charge in [-0.15, -0.1) is 0 Å². The summed E-state index contributed by atoms with van der Waals surface area (Å²) in [6.45, 7) is 0. The second-order valence-corrected chi connectivity index (χ2v) is 4.79. The number of aliphatic imine (C=N–C) groups is 1. The Balaban J connectivity index is 1.71. The van der Waals surface area contributed by atoms with Crippen molar-refractivity contribution in [3.63, 3.8) is 0 Å². The van der Waals surface area contributed by atoms with Gasteiger partial charge in [0.2, 0.25) is 0 Å². The zero-order valence-electron chi connectivity index (χ0n) is 11.9. The van der Waals surface area contributed by atoms with E-state index in [0.717, 1.165) is 11.1 Å². The number of fused-ring (bicyclic) bond motifs is 1. The number of nitro groups is 1. The lowest BCUT2D eigenvalue weighted by atomic mass is 10.2. The lowest BCUT2D eigenvalue weighted by molar-refractivity contribution is -0.384. The van der Waals surface area contributed by atoms with Crippen molar-refractivity contribution in [2.45, 2.75) is 0 Å². The molecule has 3 aromatic rings. The highest BCUT2D eigenvalue weighted by atomic mass is 16.6. The molecule has 0 saturated carbocycles. The molecule has 0 spiro atoms. The predicted molar refractivity (Wildman–Crippen MR) is 89.2 cm³/mol. The standard InChI is InChI=1S/C16H12N4O3/c21-16-18-14-8-5-12(10-15(14)19-16)17-9-1-2-11-3-6-13(7-4-11)20(22)23/h1-10H,(H2,18,19,21)/b2-1+,17-9?. The smallest absolute Gasteiger partial charge is 0.306 e. The molecule has 0 aliphatic heterocycles. The highest BCUT2D eigenvalue weighted by Crippen LogP contribution is 2.17. The number of non-ortho nitro benzene ring substituents is 1. The van der Waals surface area contributed by atoms with Gasteiger partial charge in [0.15, 0.2) is 0 Å². The predicted octanol–water partition coefficient (Wildman–Crippen LogP) is 3.18. The molecular weight excluding hydrogens is 296 g/mol. The number of nitro benzene ring substituents is 1. The third-order valence-corrected chi connectivity index (χ3v) is 3.20. The van der Waals surface area contributed by atoms with Crippen LogP contribution < -0.4 is 5.69 Å². The number of benzene rings is 2. The summed E-state index contributed by atoms with van der Waals surface area (Å²) in [5.41, 5.74) is 2.79. The molecule has 2 aromatic carbocycles. The number of nitrogens with one attached hydrogen (secondary N) is 2. The van der Waals surface area contributed by atoms with Crippen LogP contribution in [0.4, 0.5) is 11.4 Å². The third-order valence-electron chi connectivity index (χ3n) is 3.20. The van der Waals surface area contributed by atoms with Crippen LogP contribution in [0.3, 0.4) is 0 Å². The zero-order valence-corrected chi connectivity index (χ0v) is 11.9. The van der Waals surface area contributed by atoms with Crippen LogP contribution in [0.25, 0.3) is 17.1 Å². The second kappa shape index (κ2) is 6.10. The van der Waals surface area contributed by atoms with E-state index >= 15 is 0 Å². The van der Waals surface area contributed by atoms with Crippen LogP contribution in [0.2, 0.25) is 0 Å². The Bertz CT molecular complexity index is 965. The van der Waals surface area contributed by atoms with Crippen LogP contribution in [0, 0.1) is 10.1 Å². The molecule has 0 unspecified atom stereocenters. The van der Waals surface area contributed by atoms with E-state index in [0.29, 0.717) is 11.2 Å². The molecule has 7 heteroatoms. The van der Waals surface area contributed by atoms with Crippen LogP contribution in [0.5, 0.6) is 0 Å². The number of hydrogen-bond acceptors (Lipinski definition) is 4. The molecule has 114 valence electrons. The Morgan fingerprint density at radius 1 is 1.04 bits per heavy atom. The van der Waals surface area contributed by atoms with Crippen molar-refractivity contribution >= 4 is 34.7 Å². The van der Waals surface area contributed by atoms with E-state index in [2.05, 4.69) is 15.0 Å². The number of aromatic amines is 2. The first-order chi connectivity index (χ1) is 11.1. The quantitative estimate of drug-likeness (QED) is 0.439. The maximum atomic E-state index is 11.2. The topological polar surface area (TPSA) is 104 Å². The molecular formula is C16H12N4O3. The monoisotopic (exact) mass is 308 g/mol. The molecule has 7 nitrogen and oxygen atoms in total. The Labute approximate surface area is 130 Å². The lowest BCUT2D eigenvalue weighted by Crippen LogP contribution is -1.99. The number of imidazole rings is 1. The Morgan fingerprint density at radius 2 is 1.78 bits per heavy atom. The minimum Gasteiger partial charge on any atom is -0.306 e. The van der Waals surface area contributed by atoms with Crippen LogP contribution in [0.1, 0.15) is 5.56 Å². The van der Waals surface area contributed by atoms with Gasteiger partial charge in [-0.25, -0.2) is 4.79 Å². The van der Waals surface area contributed by atoms with Crippen LogP contribution in [0.15, 0.2) is 58.3 Å². The summed E-state index contributed by atoms with van der Waals surface area (Å²) in [7, 11) is 0. The van der Waals surface area contributed by atoms with Crippen LogP contribution >= 0.6 is 0 Å². The second-order valence-electron chi connectivity index (χ2n) is 4.79. The summed E-state index contributed by atoms with van der Waals surface area (Å²) in [4.78, 5) is 30.9. The van der Waals surface area contributed by atoms with E-state index < -0.39 is 4.92 Å². The van der Waals surface area contributed by atoms with Crippen molar-refractivity contribution in [1.82, 2.24) is 9.97 Å². The molecule has 0 bridgehead atoms. The SMILES string of the molecule is O=c1[nH]c2ccc(N=C/C=C/c3ccc([N+](=O)[O-])cc3)cc2[nH]1. The first kappa shape index (κ1) is 14.5. The van der Waals surface area contributed by atoms with E-state index in [9.17, 15) is 14.9 Å². The molecule has 1 heterocycles. The molecule has 23 heavy (non-hydrogen) atoms. The molecule has 0 aliphatic rings. The maximum absolute atomic E-state index is 11.2. The van der Waals surface area contributed by atoms with Gasteiger partial charge in [0.25, 0.3) is 5.69 Å². The van der Waals surface area contributed by atoms with Gasteiger partial charge in [-0.05, 0) is 42.0 Å². The van der Waals surface area contributed by atoms with E-state index in [-0.39, 0.29) is 11.4 Å². The van der Waals surface area contributed by atoms with Crippen molar-refractivity contribution < 1.29 is 4.92 Å². The van der Waals surface area contributed by atoms with Crippen molar-refractivity contribution in [2.75, 3.05) is 0 Å². The Morgan fingerprint density at radius 3 is 2.52 bits per heavy atom. The average Bonchev–Trinajstić information content (AvgIpc) is 2.91. The largest absolute Gasteiger partial charge is 0.323 e. The molecule has 0 fully saturated rings. The van der Waals surface area contributed by atoms with Crippen LogP contribution in [-0.4, -0.2) is 21.1 Å². The Hall–Kier alpha value is -3.48. The average molecular weight is 308 g/mol. The molecule has 0 radical (unpaired) electrons. The molecule has 0 amide bonds. The fraction of sp³-hybridized carbons (Fsp3) is 0. The zero-order chi connectivity index (χ0) is 16.2. The van der Waals surface area contributed by atoms with Crippen molar-refractivity contribution in [2.24, 2.45) is 4.99 Å². The summed E-state index contributed by atoms with van der Waals surface area (Å²) in [6.07, 6.45) is 5.16. The number of rotatable bonds is 4. The minimum absolute atomic E-state index is 0.0598. The number of aromatic nitrogens is 2. The Kier molecular flexibility index (Phi) is 3.84. The van der Waals surface area contributed by atoms with E-state index in [1.54, 1.807) is 48.7 Å². The highest BCUT2D eigenvalue weighted by molar-refractivity contribution is 5.83. The normalized spacial score (nSPS) is 11.7. The number of nitrogens with zero attached hydrogens (tertiary/aromatic N) is 2. The highest BCUT2D eigenvalue weighted by Gasteiger charge is 2.02. The van der Waals surface area contributed by atoms with Gasteiger partial charge in [0.1, 0.15) is 0 Å². The van der Waals surface area contributed by atoms with Gasteiger partial charge in [-0.2, -0.15) is 0 Å². The first-order valence-corrected chi connectivity index (χ1v) is 6.79.